The lowest BCUT2D eigenvalue weighted by Crippen LogP contribution is -2.47. The zero-order chi connectivity index (χ0) is 18.8. The van der Waals surface area contributed by atoms with E-state index in [0.29, 0.717) is 0 Å². The number of halogens is 1. The van der Waals surface area contributed by atoms with E-state index in [2.05, 4.69) is 40.1 Å². The van der Waals surface area contributed by atoms with Crippen LogP contribution in [-0.2, 0) is 13.5 Å². The standard InChI is InChI=1S/C21H25N3O2S.ClH/c1-22-18-8-7-16(15-20(18)27-21(22)25)9-10-23-11-13-24(14-12-23)17-5-3-4-6-19(17)26-2;/h3-8,15H,9-14H2,1-2H3;1H. The van der Waals surface area contributed by atoms with Gasteiger partial charge >= 0.3 is 4.87 Å². The number of aryl methyl sites for hydroxylation is 1. The van der Waals surface area contributed by atoms with Crippen LogP contribution in [0.1, 0.15) is 5.56 Å². The third-order valence-electron chi connectivity index (χ3n) is 5.37. The Bertz CT molecular complexity index is 993. The number of piperazine rings is 1. The van der Waals surface area contributed by atoms with Crippen LogP contribution in [0.5, 0.6) is 5.75 Å². The number of methoxy groups -OCH3 is 1. The smallest absolute Gasteiger partial charge is 0.307 e. The second-order valence-corrected chi connectivity index (χ2v) is 7.97. The summed E-state index contributed by atoms with van der Waals surface area (Å²) in [5.74, 6) is 0.945. The lowest BCUT2D eigenvalue weighted by Gasteiger charge is -2.36. The third-order valence-corrected chi connectivity index (χ3v) is 6.37. The van der Waals surface area contributed by atoms with Crippen LogP contribution in [0.15, 0.2) is 47.3 Å². The van der Waals surface area contributed by atoms with Crippen LogP contribution in [-0.4, -0.2) is 49.3 Å². The zero-order valence-corrected chi connectivity index (χ0v) is 17.9. The molecule has 1 fully saturated rings. The van der Waals surface area contributed by atoms with Crippen molar-refractivity contribution >= 4 is 39.6 Å². The van der Waals surface area contributed by atoms with E-state index < -0.39 is 0 Å². The van der Waals surface area contributed by atoms with Gasteiger partial charge in [-0.05, 0) is 36.2 Å². The van der Waals surface area contributed by atoms with E-state index in [1.807, 2.05) is 19.2 Å². The molecule has 0 bridgehead atoms. The highest BCUT2D eigenvalue weighted by atomic mass is 35.5. The molecule has 0 saturated carbocycles. The minimum absolute atomic E-state index is 0. The SMILES string of the molecule is COc1ccccc1N1CCN(CCc2ccc3c(c2)sc(=O)n3C)CC1.Cl. The van der Waals surface area contributed by atoms with E-state index in [1.54, 1.807) is 11.7 Å². The Hall–Kier alpha value is -2.02. The quantitative estimate of drug-likeness (QED) is 0.635. The minimum Gasteiger partial charge on any atom is -0.495 e. The van der Waals surface area contributed by atoms with E-state index in [9.17, 15) is 4.79 Å². The van der Waals surface area contributed by atoms with Crippen molar-refractivity contribution in [3.63, 3.8) is 0 Å². The molecule has 5 nitrogen and oxygen atoms in total. The maximum absolute atomic E-state index is 11.8. The van der Waals surface area contributed by atoms with Crippen molar-refractivity contribution in [1.29, 1.82) is 0 Å². The van der Waals surface area contributed by atoms with Crippen molar-refractivity contribution in [2.45, 2.75) is 6.42 Å². The van der Waals surface area contributed by atoms with Gasteiger partial charge in [-0.15, -0.1) is 12.4 Å². The fourth-order valence-corrected chi connectivity index (χ4v) is 4.67. The lowest BCUT2D eigenvalue weighted by atomic mass is 10.1. The van der Waals surface area contributed by atoms with Gasteiger partial charge in [-0.25, -0.2) is 0 Å². The number of hydrogen-bond acceptors (Lipinski definition) is 5. The van der Waals surface area contributed by atoms with Crippen LogP contribution in [0.4, 0.5) is 5.69 Å². The monoisotopic (exact) mass is 419 g/mol. The van der Waals surface area contributed by atoms with E-state index in [4.69, 9.17) is 4.74 Å². The molecule has 7 heteroatoms. The maximum Gasteiger partial charge on any atom is 0.307 e. The molecule has 1 aliphatic heterocycles. The molecule has 4 rings (SSSR count). The highest BCUT2D eigenvalue weighted by Gasteiger charge is 2.19. The molecule has 0 aliphatic carbocycles. The first-order valence-corrected chi connectivity index (χ1v) is 10.2. The molecule has 150 valence electrons. The molecule has 0 spiro atoms. The maximum atomic E-state index is 11.8. The van der Waals surface area contributed by atoms with Gasteiger partial charge in [-0.3, -0.25) is 9.69 Å². The molecular formula is C21H26ClN3O2S. The second-order valence-electron chi connectivity index (χ2n) is 6.98. The number of para-hydroxylation sites is 2. The van der Waals surface area contributed by atoms with Gasteiger partial charge in [0, 0.05) is 39.8 Å². The molecule has 0 atom stereocenters. The first kappa shape index (κ1) is 20.7. The van der Waals surface area contributed by atoms with Crippen LogP contribution >= 0.6 is 23.7 Å². The first-order valence-electron chi connectivity index (χ1n) is 9.34. The van der Waals surface area contributed by atoms with E-state index in [0.717, 1.165) is 55.1 Å². The van der Waals surface area contributed by atoms with Crippen molar-refractivity contribution < 1.29 is 4.74 Å². The van der Waals surface area contributed by atoms with Crippen LogP contribution in [0, 0.1) is 0 Å². The molecule has 28 heavy (non-hydrogen) atoms. The van der Waals surface area contributed by atoms with Gasteiger partial charge in [0.1, 0.15) is 5.75 Å². The topological polar surface area (TPSA) is 37.7 Å². The molecule has 1 saturated heterocycles. The number of aromatic nitrogens is 1. The summed E-state index contributed by atoms with van der Waals surface area (Å²) in [6.07, 6.45) is 1.01. The summed E-state index contributed by atoms with van der Waals surface area (Å²) in [5, 5.41) is 0. The van der Waals surface area contributed by atoms with Gasteiger partial charge < -0.3 is 14.2 Å². The van der Waals surface area contributed by atoms with Gasteiger partial charge in [0.05, 0.1) is 23.0 Å². The molecule has 2 heterocycles. The Morgan fingerprint density at radius 1 is 1.07 bits per heavy atom. The number of hydrogen-bond donors (Lipinski definition) is 0. The molecular weight excluding hydrogens is 394 g/mol. The predicted octanol–water partition coefficient (Wildman–Crippen LogP) is 3.40. The number of fused-ring (bicyclic) bond motifs is 1. The number of nitrogens with zero attached hydrogens (tertiary/aromatic N) is 3. The minimum atomic E-state index is 0. The second kappa shape index (κ2) is 8.99. The summed E-state index contributed by atoms with van der Waals surface area (Å²) in [4.78, 5) is 16.8. The Kier molecular flexibility index (Phi) is 6.65. The fourth-order valence-electron chi connectivity index (χ4n) is 3.72. The van der Waals surface area contributed by atoms with E-state index in [1.165, 1.54) is 22.6 Å². The predicted molar refractivity (Wildman–Crippen MR) is 120 cm³/mol. The average Bonchev–Trinajstić information content (AvgIpc) is 3.00. The van der Waals surface area contributed by atoms with Crippen LogP contribution in [0.25, 0.3) is 10.2 Å². The summed E-state index contributed by atoms with van der Waals surface area (Å²) >= 11 is 1.33. The molecule has 0 radical (unpaired) electrons. The highest BCUT2D eigenvalue weighted by Crippen LogP contribution is 2.28. The lowest BCUT2D eigenvalue weighted by molar-refractivity contribution is 0.260. The number of thiazole rings is 1. The van der Waals surface area contributed by atoms with Crippen LogP contribution in [0.2, 0.25) is 0 Å². The van der Waals surface area contributed by atoms with Crippen molar-refractivity contribution in [1.82, 2.24) is 9.47 Å². The number of benzene rings is 2. The molecule has 0 unspecified atom stereocenters. The van der Waals surface area contributed by atoms with Gasteiger partial charge in [0.2, 0.25) is 0 Å². The van der Waals surface area contributed by atoms with Gasteiger partial charge in [-0.1, -0.05) is 29.5 Å². The summed E-state index contributed by atoms with van der Waals surface area (Å²) in [6, 6.07) is 14.6. The summed E-state index contributed by atoms with van der Waals surface area (Å²) in [6.45, 7) is 5.18. The van der Waals surface area contributed by atoms with Crippen LogP contribution in [0.3, 0.4) is 0 Å². The Labute approximate surface area is 175 Å². The summed E-state index contributed by atoms with van der Waals surface area (Å²) in [7, 11) is 3.57. The third kappa shape index (κ3) is 4.19. The highest BCUT2D eigenvalue weighted by molar-refractivity contribution is 7.16. The van der Waals surface area contributed by atoms with Crippen molar-refractivity contribution in [3.05, 3.63) is 57.7 Å². The fraction of sp³-hybridized carbons (Fsp3) is 0.381. The molecule has 3 aromatic rings. The van der Waals surface area contributed by atoms with Crippen molar-refractivity contribution in [2.24, 2.45) is 7.05 Å². The largest absolute Gasteiger partial charge is 0.495 e. The van der Waals surface area contributed by atoms with E-state index in [-0.39, 0.29) is 17.3 Å². The molecule has 0 N–H and O–H groups in total. The zero-order valence-electron chi connectivity index (χ0n) is 16.3. The van der Waals surface area contributed by atoms with Crippen molar-refractivity contribution in [3.8, 4) is 5.75 Å². The van der Waals surface area contributed by atoms with Crippen molar-refractivity contribution in [2.75, 3.05) is 44.7 Å². The molecule has 2 aromatic carbocycles. The Balaban J connectivity index is 0.00000225. The van der Waals surface area contributed by atoms with Gasteiger partial charge in [-0.2, -0.15) is 0 Å². The van der Waals surface area contributed by atoms with Gasteiger partial charge in [0.15, 0.2) is 0 Å². The molecule has 0 amide bonds. The Morgan fingerprint density at radius 3 is 2.57 bits per heavy atom. The summed E-state index contributed by atoms with van der Waals surface area (Å²) in [5.41, 5.74) is 3.51. The summed E-state index contributed by atoms with van der Waals surface area (Å²) < 4.78 is 8.31. The normalized spacial score (nSPS) is 14.9. The number of anilines is 1. The molecule has 1 aromatic heterocycles. The number of ether oxygens (including phenoxy) is 1. The van der Waals surface area contributed by atoms with Crippen LogP contribution < -0.4 is 14.5 Å². The molecule has 1 aliphatic rings. The van der Waals surface area contributed by atoms with E-state index >= 15 is 0 Å². The average molecular weight is 420 g/mol. The first-order chi connectivity index (χ1) is 13.2. The van der Waals surface area contributed by atoms with Gasteiger partial charge in [0.25, 0.3) is 0 Å². The Morgan fingerprint density at radius 2 is 1.82 bits per heavy atom. The number of rotatable bonds is 5.